The molecule has 0 saturated carbocycles. The quantitative estimate of drug-likeness (QED) is 0.401. The minimum absolute atomic E-state index is 0.186. The van der Waals surface area contributed by atoms with Gasteiger partial charge in [-0.05, 0) is 26.8 Å². The molecule has 5 heteroatoms. The number of nitrogen functional groups attached to an aromatic ring is 1. The minimum atomic E-state index is -0.574. The Kier molecular flexibility index (Phi) is 4.74. The summed E-state index contributed by atoms with van der Waals surface area (Å²) in [5, 5.41) is 1.18. The predicted octanol–water partition coefficient (Wildman–Crippen LogP) is 3.69. The molecule has 2 rings (SSSR count). The first-order valence-electron chi connectivity index (χ1n) is 7.29. The summed E-state index contributed by atoms with van der Waals surface area (Å²) in [5.74, 6) is -0.624. The lowest BCUT2D eigenvalue weighted by Crippen LogP contribution is -2.12. The van der Waals surface area contributed by atoms with E-state index in [0.29, 0.717) is 10.8 Å². The summed E-state index contributed by atoms with van der Waals surface area (Å²) in [4.78, 5) is 23.7. The Bertz CT molecular complexity index is 881. The fraction of sp³-hybridized carbons (Fsp3) is 0.158. The zero-order valence-electron chi connectivity index (χ0n) is 13.9. The Morgan fingerprint density at radius 1 is 0.958 bits per heavy atom. The van der Waals surface area contributed by atoms with Crippen molar-refractivity contribution in [2.24, 2.45) is 0 Å². The van der Waals surface area contributed by atoms with Gasteiger partial charge in [0.2, 0.25) is 0 Å². The Hall–Kier alpha value is -3.08. The molecule has 0 aliphatic rings. The first-order valence-corrected chi connectivity index (χ1v) is 7.29. The Morgan fingerprint density at radius 3 is 2.12 bits per heavy atom. The van der Waals surface area contributed by atoms with Crippen LogP contribution in [0, 0.1) is 6.92 Å². The average Bonchev–Trinajstić information content (AvgIpc) is 2.50. The maximum atomic E-state index is 11.9. The van der Waals surface area contributed by atoms with Crippen LogP contribution in [0.1, 0.15) is 19.4 Å². The molecule has 0 radical (unpaired) electrons. The first-order chi connectivity index (χ1) is 11.2. The van der Waals surface area contributed by atoms with Crippen molar-refractivity contribution in [3.05, 3.63) is 54.1 Å². The Labute approximate surface area is 140 Å². The number of anilines is 1. The molecule has 0 bridgehead atoms. The van der Waals surface area contributed by atoms with Crippen LogP contribution in [0.4, 0.5) is 5.69 Å². The predicted molar refractivity (Wildman–Crippen MR) is 94.0 cm³/mol. The SMILES string of the molecule is C=C(C)C(=O)Oc1cc(N)c(OC(=O)C(=C)C)c2ccc(C)cc12. The second-order valence-electron chi connectivity index (χ2n) is 5.68. The van der Waals surface area contributed by atoms with Crippen molar-refractivity contribution in [1.29, 1.82) is 0 Å². The van der Waals surface area contributed by atoms with Crippen molar-refractivity contribution in [2.75, 3.05) is 5.73 Å². The number of nitrogens with two attached hydrogens (primary N) is 1. The number of aryl methyl sites for hydroxylation is 1. The molecule has 0 saturated heterocycles. The average molecular weight is 325 g/mol. The second kappa shape index (κ2) is 6.58. The van der Waals surface area contributed by atoms with Crippen molar-refractivity contribution < 1.29 is 19.1 Å². The number of benzene rings is 2. The molecule has 124 valence electrons. The van der Waals surface area contributed by atoms with Crippen LogP contribution in [-0.4, -0.2) is 11.9 Å². The lowest BCUT2D eigenvalue weighted by Gasteiger charge is -2.15. The summed E-state index contributed by atoms with van der Waals surface area (Å²) in [6.07, 6.45) is 0. The molecule has 2 aromatic rings. The van der Waals surface area contributed by atoms with Gasteiger partial charge in [-0.25, -0.2) is 9.59 Å². The summed E-state index contributed by atoms with van der Waals surface area (Å²) in [6.45, 7) is 12.1. The smallest absolute Gasteiger partial charge is 0.338 e. The maximum absolute atomic E-state index is 11.9. The standard InChI is InChI=1S/C19H19NO4/c1-10(2)18(21)23-16-9-15(20)17(24-19(22)11(3)4)13-7-6-12(5)8-14(13)16/h6-9H,1,3,20H2,2,4-5H3. The van der Waals surface area contributed by atoms with Gasteiger partial charge >= 0.3 is 11.9 Å². The highest BCUT2D eigenvalue weighted by atomic mass is 16.5. The summed E-state index contributed by atoms with van der Waals surface area (Å²) < 4.78 is 10.7. The number of carbonyl (C=O) groups is 2. The number of hydrogen-bond donors (Lipinski definition) is 1. The van der Waals surface area contributed by atoms with Crippen molar-refractivity contribution in [3.8, 4) is 11.5 Å². The number of ether oxygens (including phenoxy) is 2. The number of fused-ring (bicyclic) bond motifs is 1. The highest BCUT2D eigenvalue weighted by Crippen LogP contribution is 2.39. The lowest BCUT2D eigenvalue weighted by molar-refractivity contribution is -0.131. The molecule has 0 aliphatic carbocycles. The first kappa shape index (κ1) is 17.3. The van der Waals surface area contributed by atoms with Gasteiger partial charge in [0, 0.05) is 28.0 Å². The Morgan fingerprint density at radius 2 is 1.54 bits per heavy atom. The fourth-order valence-electron chi connectivity index (χ4n) is 2.07. The van der Waals surface area contributed by atoms with Crippen LogP contribution in [0.2, 0.25) is 0 Å². The molecule has 0 aromatic heterocycles. The van der Waals surface area contributed by atoms with Crippen molar-refractivity contribution in [3.63, 3.8) is 0 Å². The molecule has 0 heterocycles. The Balaban J connectivity index is 2.64. The van der Waals surface area contributed by atoms with Crippen LogP contribution in [0.3, 0.4) is 0 Å². The van der Waals surface area contributed by atoms with E-state index >= 15 is 0 Å². The van der Waals surface area contributed by atoms with Crippen LogP contribution in [0.15, 0.2) is 48.6 Å². The fourth-order valence-corrected chi connectivity index (χ4v) is 2.07. The molecule has 5 nitrogen and oxygen atoms in total. The summed E-state index contributed by atoms with van der Waals surface area (Å²) in [5.41, 5.74) is 7.67. The zero-order chi connectivity index (χ0) is 18.0. The van der Waals surface area contributed by atoms with E-state index < -0.39 is 11.9 Å². The molecule has 0 fully saturated rings. The monoisotopic (exact) mass is 325 g/mol. The molecular weight excluding hydrogens is 306 g/mol. The van der Waals surface area contributed by atoms with Gasteiger partial charge < -0.3 is 15.2 Å². The largest absolute Gasteiger partial charge is 0.422 e. The van der Waals surface area contributed by atoms with Crippen LogP contribution in [0.25, 0.3) is 10.8 Å². The molecule has 0 aliphatic heterocycles. The van der Waals surface area contributed by atoms with E-state index in [4.69, 9.17) is 15.2 Å². The minimum Gasteiger partial charge on any atom is -0.422 e. The van der Waals surface area contributed by atoms with Crippen LogP contribution >= 0.6 is 0 Å². The molecule has 0 amide bonds. The zero-order valence-corrected chi connectivity index (χ0v) is 13.9. The van der Waals surface area contributed by atoms with Gasteiger partial charge in [0.05, 0.1) is 5.69 Å². The van der Waals surface area contributed by atoms with Gasteiger partial charge in [-0.3, -0.25) is 0 Å². The highest BCUT2D eigenvalue weighted by molar-refractivity contribution is 6.02. The van der Waals surface area contributed by atoms with Crippen LogP contribution < -0.4 is 15.2 Å². The van der Waals surface area contributed by atoms with Gasteiger partial charge in [0.25, 0.3) is 0 Å². The summed E-state index contributed by atoms with van der Waals surface area (Å²) in [6, 6.07) is 6.90. The van der Waals surface area contributed by atoms with Gasteiger partial charge in [-0.1, -0.05) is 30.9 Å². The third-order valence-corrected chi connectivity index (χ3v) is 3.33. The number of carbonyl (C=O) groups excluding carboxylic acids is 2. The molecule has 24 heavy (non-hydrogen) atoms. The summed E-state index contributed by atoms with van der Waals surface area (Å²) in [7, 11) is 0. The van der Waals surface area contributed by atoms with Crippen LogP contribution in [-0.2, 0) is 9.59 Å². The van der Waals surface area contributed by atoms with Crippen molar-refractivity contribution >= 4 is 28.4 Å². The lowest BCUT2D eigenvalue weighted by atomic mass is 10.0. The molecule has 2 N–H and O–H groups in total. The third kappa shape index (κ3) is 3.46. The molecule has 2 aromatic carbocycles. The maximum Gasteiger partial charge on any atom is 0.338 e. The van der Waals surface area contributed by atoms with Gasteiger partial charge in [-0.2, -0.15) is 0 Å². The normalized spacial score (nSPS) is 10.3. The number of hydrogen-bond acceptors (Lipinski definition) is 5. The third-order valence-electron chi connectivity index (χ3n) is 3.33. The number of rotatable bonds is 4. The van der Waals surface area contributed by atoms with E-state index in [9.17, 15) is 9.59 Å². The molecule has 0 spiro atoms. The van der Waals surface area contributed by atoms with E-state index in [1.165, 1.54) is 6.07 Å². The van der Waals surface area contributed by atoms with Crippen molar-refractivity contribution in [1.82, 2.24) is 0 Å². The highest BCUT2D eigenvalue weighted by Gasteiger charge is 2.18. The number of esters is 2. The second-order valence-corrected chi connectivity index (χ2v) is 5.68. The topological polar surface area (TPSA) is 78.6 Å². The van der Waals surface area contributed by atoms with Crippen LogP contribution in [0.5, 0.6) is 11.5 Å². The van der Waals surface area contributed by atoms with E-state index in [-0.39, 0.29) is 28.3 Å². The molecule has 0 atom stereocenters. The van der Waals surface area contributed by atoms with Gasteiger partial charge in [0.15, 0.2) is 5.75 Å². The van der Waals surface area contributed by atoms with E-state index in [1.807, 2.05) is 19.1 Å². The van der Waals surface area contributed by atoms with E-state index in [0.717, 1.165) is 5.56 Å². The van der Waals surface area contributed by atoms with Gasteiger partial charge in [-0.15, -0.1) is 0 Å². The molecular formula is C19H19NO4. The summed E-state index contributed by atoms with van der Waals surface area (Å²) >= 11 is 0. The van der Waals surface area contributed by atoms with Crippen molar-refractivity contribution in [2.45, 2.75) is 20.8 Å². The van der Waals surface area contributed by atoms with E-state index in [2.05, 4.69) is 13.2 Å². The molecule has 0 unspecified atom stereocenters. The van der Waals surface area contributed by atoms with E-state index in [1.54, 1.807) is 19.9 Å². The van der Waals surface area contributed by atoms with Gasteiger partial charge in [0.1, 0.15) is 5.75 Å².